The van der Waals surface area contributed by atoms with Crippen LogP contribution in [-0.2, 0) is 11.3 Å². The zero-order chi connectivity index (χ0) is 12.8. The molecule has 0 unspecified atom stereocenters. The van der Waals surface area contributed by atoms with E-state index in [0.717, 1.165) is 23.4 Å². The van der Waals surface area contributed by atoms with Crippen molar-refractivity contribution in [3.63, 3.8) is 0 Å². The average molecular weight is 268 g/mol. The molecule has 1 aromatic carbocycles. The summed E-state index contributed by atoms with van der Waals surface area (Å²) in [5, 5.41) is 0.757. The topological polar surface area (TPSA) is 35.2 Å². The molecule has 2 N–H and O–H groups in total. The summed E-state index contributed by atoms with van der Waals surface area (Å²) in [5.41, 5.74) is 7.40. The summed E-state index contributed by atoms with van der Waals surface area (Å²) in [6.45, 7) is 1.25. The van der Waals surface area contributed by atoms with Crippen molar-refractivity contribution in [2.75, 3.05) is 6.61 Å². The van der Waals surface area contributed by atoms with Gasteiger partial charge in [0.2, 0.25) is 0 Å². The molecule has 1 fully saturated rings. The van der Waals surface area contributed by atoms with E-state index >= 15 is 0 Å². The van der Waals surface area contributed by atoms with Crippen LogP contribution in [0.1, 0.15) is 44.1 Å². The summed E-state index contributed by atoms with van der Waals surface area (Å²) >= 11 is 5.94. The SMILES string of the molecule is NC1(COCc2cccc(Cl)c2)CCCCCC1. The first-order chi connectivity index (χ1) is 8.68. The van der Waals surface area contributed by atoms with Crippen molar-refractivity contribution in [3.05, 3.63) is 34.9 Å². The third-order valence-corrected chi connectivity index (χ3v) is 3.88. The Morgan fingerprint density at radius 2 is 1.89 bits per heavy atom. The lowest BCUT2D eigenvalue weighted by atomic mass is 9.93. The third kappa shape index (κ3) is 4.27. The first kappa shape index (κ1) is 13.9. The molecule has 1 aliphatic rings. The van der Waals surface area contributed by atoms with Gasteiger partial charge in [0.1, 0.15) is 0 Å². The highest BCUT2D eigenvalue weighted by molar-refractivity contribution is 6.30. The molecule has 0 radical (unpaired) electrons. The van der Waals surface area contributed by atoms with E-state index in [1.54, 1.807) is 0 Å². The number of rotatable bonds is 4. The number of nitrogens with two attached hydrogens (primary N) is 1. The van der Waals surface area contributed by atoms with E-state index in [2.05, 4.69) is 0 Å². The van der Waals surface area contributed by atoms with Crippen LogP contribution >= 0.6 is 11.6 Å². The van der Waals surface area contributed by atoms with Crippen LogP contribution < -0.4 is 5.73 Å². The molecule has 0 aliphatic heterocycles. The van der Waals surface area contributed by atoms with Crippen LogP contribution in [0.2, 0.25) is 5.02 Å². The molecule has 0 bridgehead atoms. The van der Waals surface area contributed by atoms with Gasteiger partial charge in [-0.1, -0.05) is 49.4 Å². The zero-order valence-corrected chi connectivity index (χ0v) is 11.6. The monoisotopic (exact) mass is 267 g/mol. The lowest BCUT2D eigenvalue weighted by Crippen LogP contribution is -2.43. The Bertz CT molecular complexity index is 373. The molecule has 100 valence electrons. The second-order valence-corrected chi connectivity index (χ2v) is 5.84. The Morgan fingerprint density at radius 3 is 2.56 bits per heavy atom. The molecular formula is C15H22ClNO. The minimum absolute atomic E-state index is 0.116. The van der Waals surface area contributed by atoms with Crippen molar-refractivity contribution < 1.29 is 4.74 Å². The van der Waals surface area contributed by atoms with Gasteiger partial charge in [0.05, 0.1) is 13.2 Å². The number of hydrogen-bond acceptors (Lipinski definition) is 2. The van der Waals surface area contributed by atoms with E-state index in [0.29, 0.717) is 13.2 Å². The predicted molar refractivity (Wildman–Crippen MR) is 75.7 cm³/mol. The number of ether oxygens (including phenoxy) is 1. The Morgan fingerprint density at radius 1 is 1.17 bits per heavy atom. The highest BCUT2D eigenvalue weighted by Crippen LogP contribution is 2.25. The fourth-order valence-electron chi connectivity index (χ4n) is 2.58. The maximum Gasteiger partial charge on any atom is 0.0718 e. The summed E-state index contributed by atoms with van der Waals surface area (Å²) in [5.74, 6) is 0. The summed E-state index contributed by atoms with van der Waals surface area (Å²) in [7, 11) is 0. The van der Waals surface area contributed by atoms with Crippen LogP contribution in [0.25, 0.3) is 0 Å². The molecule has 0 heterocycles. The van der Waals surface area contributed by atoms with Crippen molar-refractivity contribution in [1.82, 2.24) is 0 Å². The van der Waals surface area contributed by atoms with Crippen molar-refractivity contribution in [3.8, 4) is 0 Å². The number of hydrogen-bond donors (Lipinski definition) is 1. The van der Waals surface area contributed by atoms with E-state index in [1.165, 1.54) is 25.7 Å². The van der Waals surface area contributed by atoms with Crippen molar-refractivity contribution >= 4 is 11.6 Å². The van der Waals surface area contributed by atoms with Crippen LogP contribution in [0.4, 0.5) is 0 Å². The standard InChI is InChI=1S/C15H22ClNO/c16-14-7-5-6-13(10-14)11-18-12-15(17)8-3-1-2-4-9-15/h5-7,10H,1-4,8-9,11-12,17H2. The van der Waals surface area contributed by atoms with Crippen LogP contribution in [0.3, 0.4) is 0 Å². The van der Waals surface area contributed by atoms with Crippen molar-refractivity contribution in [2.45, 2.75) is 50.7 Å². The van der Waals surface area contributed by atoms with Crippen molar-refractivity contribution in [2.24, 2.45) is 5.73 Å². The second-order valence-electron chi connectivity index (χ2n) is 5.40. The lowest BCUT2D eigenvalue weighted by Gasteiger charge is -2.27. The van der Waals surface area contributed by atoms with Crippen LogP contribution in [0.5, 0.6) is 0 Å². The van der Waals surface area contributed by atoms with E-state index in [9.17, 15) is 0 Å². The summed E-state index contributed by atoms with van der Waals surface area (Å²) in [6.07, 6.45) is 7.26. The third-order valence-electron chi connectivity index (χ3n) is 3.65. The van der Waals surface area contributed by atoms with E-state index in [1.807, 2.05) is 24.3 Å². The van der Waals surface area contributed by atoms with Crippen molar-refractivity contribution in [1.29, 1.82) is 0 Å². The molecule has 1 saturated carbocycles. The maximum absolute atomic E-state index is 6.40. The molecule has 1 aromatic rings. The molecule has 2 rings (SSSR count). The van der Waals surface area contributed by atoms with Gasteiger partial charge in [0.25, 0.3) is 0 Å². The molecular weight excluding hydrogens is 246 g/mol. The quantitative estimate of drug-likeness (QED) is 0.840. The molecule has 1 aliphatic carbocycles. The molecule has 0 atom stereocenters. The summed E-state index contributed by atoms with van der Waals surface area (Å²) in [4.78, 5) is 0. The lowest BCUT2D eigenvalue weighted by molar-refractivity contribution is 0.0667. The summed E-state index contributed by atoms with van der Waals surface area (Å²) < 4.78 is 5.79. The van der Waals surface area contributed by atoms with Gasteiger partial charge < -0.3 is 10.5 Å². The normalized spacial score (nSPS) is 19.4. The highest BCUT2D eigenvalue weighted by atomic mass is 35.5. The van der Waals surface area contributed by atoms with Gasteiger partial charge in [-0.15, -0.1) is 0 Å². The van der Waals surface area contributed by atoms with E-state index in [-0.39, 0.29) is 5.54 Å². The van der Waals surface area contributed by atoms with Gasteiger partial charge in [-0.3, -0.25) is 0 Å². The van der Waals surface area contributed by atoms with Gasteiger partial charge in [-0.25, -0.2) is 0 Å². The Kier molecular flexibility index (Phi) is 5.04. The largest absolute Gasteiger partial charge is 0.375 e. The second kappa shape index (κ2) is 6.55. The van der Waals surface area contributed by atoms with Gasteiger partial charge >= 0.3 is 0 Å². The van der Waals surface area contributed by atoms with E-state index in [4.69, 9.17) is 22.1 Å². The smallest absolute Gasteiger partial charge is 0.0718 e. The predicted octanol–water partition coefficient (Wildman–Crippen LogP) is 3.91. The molecule has 0 amide bonds. The Hall–Kier alpha value is -0.570. The fourth-order valence-corrected chi connectivity index (χ4v) is 2.79. The number of halogens is 1. The van der Waals surface area contributed by atoms with Crippen LogP contribution in [0, 0.1) is 0 Å². The van der Waals surface area contributed by atoms with Gasteiger partial charge in [0.15, 0.2) is 0 Å². The molecule has 0 aromatic heterocycles. The molecule has 3 heteroatoms. The van der Waals surface area contributed by atoms with Crippen LogP contribution in [0.15, 0.2) is 24.3 Å². The molecule has 18 heavy (non-hydrogen) atoms. The molecule has 2 nitrogen and oxygen atoms in total. The Balaban J connectivity index is 1.80. The van der Waals surface area contributed by atoms with E-state index < -0.39 is 0 Å². The van der Waals surface area contributed by atoms with Crippen LogP contribution in [-0.4, -0.2) is 12.1 Å². The van der Waals surface area contributed by atoms with Gasteiger partial charge in [-0.05, 0) is 30.5 Å². The first-order valence-corrected chi connectivity index (χ1v) is 7.17. The highest BCUT2D eigenvalue weighted by Gasteiger charge is 2.26. The zero-order valence-electron chi connectivity index (χ0n) is 10.8. The van der Waals surface area contributed by atoms with Gasteiger partial charge in [-0.2, -0.15) is 0 Å². The fraction of sp³-hybridized carbons (Fsp3) is 0.600. The average Bonchev–Trinajstić information content (AvgIpc) is 2.55. The molecule has 0 spiro atoms. The minimum Gasteiger partial charge on any atom is -0.375 e. The minimum atomic E-state index is -0.116. The maximum atomic E-state index is 6.40. The van der Waals surface area contributed by atoms with Gasteiger partial charge in [0, 0.05) is 10.6 Å². The molecule has 0 saturated heterocycles. The number of benzene rings is 1. The summed E-state index contributed by atoms with van der Waals surface area (Å²) in [6, 6.07) is 7.80. The Labute approximate surface area is 114 Å². The first-order valence-electron chi connectivity index (χ1n) is 6.79.